The number of benzene rings is 1. The van der Waals surface area contributed by atoms with Crippen LogP contribution in [0.4, 0.5) is 0 Å². The Morgan fingerprint density at radius 2 is 2.17 bits per heavy atom. The fraction of sp³-hybridized carbons (Fsp3) is 0.273. The molecule has 0 unspecified atom stereocenters. The molecule has 0 aliphatic rings. The van der Waals surface area contributed by atoms with E-state index < -0.39 is 0 Å². The average Bonchev–Trinajstić information content (AvgIpc) is 2.03. The Labute approximate surface area is 78.9 Å². The van der Waals surface area contributed by atoms with Gasteiger partial charge in [-0.05, 0) is 24.5 Å². The fourth-order valence-electron chi connectivity index (χ4n) is 1.28. The second-order valence-corrected chi connectivity index (χ2v) is 3.38. The van der Waals surface area contributed by atoms with E-state index >= 15 is 0 Å². The molecule has 0 saturated carbocycles. The lowest BCUT2D eigenvalue weighted by Crippen LogP contribution is -1.89. The Kier molecular flexibility index (Phi) is 2.93. The van der Waals surface area contributed by atoms with E-state index in [0.29, 0.717) is 5.03 Å². The van der Waals surface area contributed by atoms with Crippen LogP contribution >= 0.6 is 11.6 Å². The molecule has 1 heteroatoms. The van der Waals surface area contributed by atoms with Crippen LogP contribution in [0.3, 0.4) is 0 Å². The molecule has 0 spiro atoms. The smallest absolute Gasteiger partial charge is 0.0409 e. The first-order chi connectivity index (χ1) is 5.65. The van der Waals surface area contributed by atoms with E-state index in [1.54, 1.807) is 0 Å². The Morgan fingerprint density at radius 3 is 2.67 bits per heavy atom. The maximum absolute atomic E-state index is 5.84. The molecule has 0 heterocycles. The molecule has 0 fully saturated rings. The van der Waals surface area contributed by atoms with Crippen molar-refractivity contribution >= 4 is 16.6 Å². The van der Waals surface area contributed by atoms with Gasteiger partial charge in [-0.25, -0.2) is 0 Å². The lowest BCUT2D eigenvalue weighted by atomic mass is 10.0. The van der Waals surface area contributed by atoms with Crippen LogP contribution in [-0.4, -0.2) is 0 Å². The Morgan fingerprint density at radius 1 is 1.50 bits per heavy atom. The predicted molar refractivity (Wildman–Crippen MR) is 55.4 cm³/mol. The van der Waals surface area contributed by atoms with E-state index in [9.17, 15) is 0 Å². The molecule has 0 amide bonds. The molecule has 0 aliphatic heterocycles. The summed E-state index contributed by atoms with van der Waals surface area (Å²) in [5, 5.41) is 0.631. The van der Waals surface area contributed by atoms with Gasteiger partial charge in [0.1, 0.15) is 0 Å². The lowest BCUT2D eigenvalue weighted by Gasteiger charge is -2.06. The van der Waals surface area contributed by atoms with Crippen LogP contribution in [0, 0.1) is 6.92 Å². The summed E-state index contributed by atoms with van der Waals surface area (Å²) in [6, 6.07) is 6.24. The van der Waals surface area contributed by atoms with E-state index in [2.05, 4.69) is 32.6 Å². The van der Waals surface area contributed by atoms with E-state index in [1.165, 1.54) is 11.1 Å². The van der Waals surface area contributed by atoms with Gasteiger partial charge in [0.15, 0.2) is 0 Å². The molecule has 0 radical (unpaired) electrons. The van der Waals surface area contributed by atoms with Crippen LogP contribution in [0.15, 0.2) is 24.8 Å². The minimum atomic E-state index is 0.631. The van der Waals surface area contributed by atoms with Gasteiger partial charge in [-0.3, -0.25) is 0 Å². The Hall–Kier alpha value is -0.750. The van der Waals surface area contributed by atoms with Crippen molar-refractivity contribution < 1.29 is 0 Å². The number of hydrogen-bond acceptors (Lipinski definition) is 0. The summed E-state index contributed by atoms with van der Waals surface area (Å²) in [5.41, 5.74) is 3.62. The number of halogens is 1. The highest BCUT2D eigenvalue weighted by molar-refractivity contribution is 6.48. The third-order valence-corrected chi connectivity index (χ3v) is 2.14. The molecular formula is C11H13Cl. The molecule has 0 atom stereocenters. The third kappa shape index (κ3) is 1.89. The second-order valence-electron chi connectivity index (χ2n) is 2.92. The zero-order chi connectivity index (χ0) is 9.14. The Balaban J connectivity index is 3.20. The molecule has 12 heavy (non-hydrogen) atoms. The van der Waals surface area contributed by atoms with Crippen molar-refractivity contribution in [3.8, 4) is 0 Å². The quantitative estimate of drug-likeness (QED) is 0.650. The first-order valence-electron chi connectivity index (χ1n) is 4.09. The molecule has 0 bridgehead atoms. The van der Waals surface area contributed by atoms with E-state index in [4.69, 9.17) is 11.6 Å². The molecular weight excluding hydrogens is 168 g/mol. The minimum Gasteiger partial charge on any atom is -0.0843 e. The summed E-state index contributed by atoms with van der Waals surface area (Å²) in [5.74, 6) is 0. The van der Waals surface area contributed by atoms with Crippen molar-refractivity contribution in [2.24, 2.45) is 0 Å². The first kappa shape index (κ1) is 9.34. The van der Waals surface area contributed by atoms with Crippen molar-refractivity contribution in [1.29, 1.82) is 0 Å². The van der Waals surface area contributed by atoms with Gasteiger partial charge in [-0.1, -0.05) is 48.9 Å². The largest absolute Gasteiger partial charge is 0.0843 e. The van der Waals surface area contributed by atoms with Gasteiger partial charge >= 0.3 is 0 Å². The van der Waals surface area contributed by atoms with Crippen molar-refractivity contribution in [3.63, 3.8) is 0 Å². The second kappa shape index (κ2) is 3.77. The highest BCUT2D eigenvalue weighted by Crippen LogP contribution is 2.22. The molecule has 0 N–H and O–H groups in total. The topological polar surface area (TPSA) is 0 Å². The number of aryl methyl sites for hydroxylation is 2. The normalized spacial score (nSPS) is 9.92. The summed E-state index contributed by atoms with van der Waals surface area (Å²) in [4.78, 5) is 0. The lowest BCUT2D eigenvalue weighted by molar-refractivity contribution is 1.12. The third-order valence-electron chi connectivity index (χ3n) is 1.93. The molecule has 64 valence electrons. The molecule has 0 aromatic heterocycles. The summed E-state index contributed by atoms with van der Waals surface area (Å²) in [7, 11) is 0. The highest BCUT2D eigenvalue weighted by Gasteiger charge is 2.01. The zero-order valence-corrected chi connectivity index (χ0v) is 8.28. The highest BCUT2D eigenvalue weighted by atomic mass is 35.5. The molecule has 0 saturated heterocycles. The standard InChI is InChI=1S/C11H13Cl/c1-4-10-7-8(2)5-6-11(10)9(3)12/h5-7H,3-4H2,1-2H3. The Bertz CT molecular complexity index is 300. The fourth-order valence-corrected chi connectivity index (χ4v) is 1.46. The van der Waals surface area contributed by atoms with Crippen molar-refractivity contribution in [1.82, 2.24) is 0 Å². The first-order valence-corrected chi connectivity index (χ1v) is 4.47. The van der Waals surface area contributed by atoms with Gasteiger partial charge in [0.05, 0.1) is 0 Å². The maximum atomic E-state index is 5.84. The molecule has 1 aromatic rings. The molecule has 1 aromatic carbocycles. The number of hydrogen-bond donors (Lipinski definition) is 0. The predicted octanol–water partition coefficient (Wildman–Crippen LogP) is 3.77. The molecule has 0 aliphatic carbocycles. The average molecular weight is 181 g/mol. The van der Waals surface area contributed by atoms with Crippen LogP contribution in [0.5, 0.6) is 0 Å². The summed E-state index contributed by atoms with van der Waals surface area (Å²) in [6.45, 7) is 7.94. The van der Waals surface area contributed by atoms with Gasteiger partial charge in [-0.15, -0.1) is 0 Å². The van der Waals surface area contributed by atoms with Crippen molar-refractivity contribution in [2.75, 3.05) is 0 Å². The van der Waals surface area contributed by atoms with Crippen LogP contribution in [0.25, 0.3) is 5.03 Å². The molecule has 1 rings (SSSR count). The van der Waals surface area contributed by atoms with Crippen LogP contribution in [-0.2, 0) is 6.42 Å². The van der Waals surface area contributed by atoms with Gasteiger partial charge in [0.2, 0.25) is 0 Å². The van der Waals surface area contributed by atoms with Gasteiger partial charge < -0.3 is 0 Å². The summed E-state index contributed by atoms with van der Waals surface area (Å²) in [6.07, 6.45) is 1.00. The van der Waals surface area contributed by atoms with Gasteiger partial charge in [-0.2, -0.15) is 0 Å². The van der Waals surface area contributed by atoms with Crippen LogP contribution < -0.4 is 0 Å². The van der Waals surface area contributed by atoms with Gasteiger partial charge in [0, 0.05) is 5.03 Å². The SMILES string of the molecule is C=C(Cl)c1ccc(C)cc1CC. The monoisotopic (exact) mass is 180 g/mol. The van der Waals surface area contributed by atoms with E-state index in [1.807, 2.05) is 6.07 Å². The molecule has 0 nitrogen and oxygen atoms in total. The zero-order valence-electron chi connectivity index (χ0n) is 7.52. The van der Waals surface area contributed by atoms with Crippen LogP contribution in [0.2, 0.25) is 0 Å². The minimum absolute atomic E-state index is 0.631. The van der Waals surface area contributed by atoms with Gasteiger partial charge in [0.25, 0.3) is 0 Å². The van der Waals surface area contributed by atoms with E-state index in [0.717, 1.165) is 12.0 Å². The summed E-state index contributed by atoms with van der Waals surface area (Å²) < 4.78 is 0. The summed E-state index contributed by atoms with van der Waals surface area (Å²) >= 11 is 5.84. The van der Waals surface area contributed by atoms with Crippen LogP contribution in [0.1, 0.15) is 23.6 Å². The van der Waals surface area contributed by atoms with E-state index in [-0.39, 0.29) is 0 Å². The maximum Gasteiger partial charge on any atom is 0.0409 e. The van der Waals surface area contributed by atoms with Crippen molar-refractivity contribution in [2.45, 2.75) is 20.3 Å². The van der Waals surface area contributed by atoms with Crippen molar-refractivity contribution in [3.05, 3.63) is 41.5 Å². The number of rotatable bonds is 2.